The van der Waals surface area contributed by atoms with Crippen molar-refractivity contribution >= 4 is 11.4 Å². The number of hydrogen-bond donors (Lipinski definition) is 0. The van der Waals surface area contributed by atoms with Gasteiger partial charge < -0.3 is 4.42 Å². The topological polar surface area (TPSA) is 37.9 Å². The SMILES string of the molecule is C/C(=N\N=C(c1ccccc1)c1ccccc1)c1ccco1. The maximum absolute atomic E-state index is 5.34. The van der Waals surface area contributed by atoms with E-state index in [1.807, 2.05) is 79.7 Å². The summed E-state index contributed by atoms with van der Waals surface area (Å²) in [5, 5.41) is 8.80. The van der Waals surface area contributed by atoms with Crippen molar-refractivity contribution in [3.05, 3.63) is 95.9 Å². The van der Waals surface area contributed by atoms with Crippen LogP contribution in [0, 0.1) is 0 Å². The first-order valence-corrected chi connectivity index (χ1v) is 7.11. The van der Waals surface area contributed by atoms with Crippen LogP contribution in [0.25, 0.3) is 0 Å². The molecule has 1 aromatic heterocycles. The summed E-state index contributed by atoms with van der Waals surface area (Å²) in [5.74, 6) is 0.726. The fourth-order valence-corrected chi connectivity index (χ4v) is 2.13. The molecule has 0 saturated heterocycles. The smallest absolute Gasteiger partial charge is 0.149 e. The van der Waals surface area contributed by atoms with Gasteiger partial charge in [-0.05, 0) is 19.1 Å². The Balaban J connectivity index is 2.03. The zero-order valence-electron chi connectivity index (χ0n) is 12.3. The minimum atomic E-state index is 0.726. The molecular formula is C19H16N2O. The maximum atomic E-state index is 5.34. The van der Waals surface area contributed by atoms with E-state index in [4.69, 9.17) is 4.42 Å². The monoisotopic (exact) mass is 288 g/mol. The Labute approximate surface area is 129 Å². The van der Waals surface area contributed by atoms with Crippen molar-refractivity contribution in [1.29, 1.82) is 0 Å². The molecule has 22 heavy (non-hydrogen) atoms. The van der Waals surface area contributed by atoms with Crippen molar-refractivity contribution in [3.8, 4) is 0 Å². The van der Waals surface area contributed by atoms with Crippen LogP contribution in [-0.4, -0.2) is 11.4 Å². The molecule has 0 N–H and O–H groups in total. The predicted octanol–water partition coefficient (Wildman–Crippen LogP) is 4.54. The second-order valence-corrected chi connectivity index (χ2v) is 4.84. The van der Waals surface area contributed by atoms with Crippen molar-refractivity contribution in [2.24, 2.45) is 10.2 Å². The highest BCUT2D eigenvalue weighted by atomic mass is 16.3. The van der Waals surface area contributed by atoms with Gasteiger partial charge in [-0.15, -0.1) is 5.10 Å². The van der Waals surface area contributed by atoms with Gasteiger partial charge in [-0.3, -0.25) is 0 Å². The molecule has 3 rings (SSSR count). The largest absolute Gasteiger partial charge is 0.463 e. The molecule has 0 aliphatic carbocycles. The third-order valence-electron chi connectivity index (χ3n) is 3.27. The molecule has 0 aliphatic heterocycles. The lowest BCUT2D eigenvalue weighted by Crippen LogP contribution is -2.03. The second kappa shape index (κ2) is 6.68. The van der Waals surface area contributed by atoms with Gasteiger partial charge in [-0.25, -0.2) is 0 Å². The first kappa shape index (κ1) is 14.0. The average molecular weight is 288 g/mol. The Hall–Kier alpha value is -2.94. The molecule has 1 heterocycles. The summed E-state index contributed by atoms with van der Waals surface area (Å²) in [7, 11) is 0. The fourth-order valence-electron chi connectivity index (χ4n) is 2.13. The first-order chi connectivity index (χ1) is 10.8. The van der Waals surface area contributed by atoms with Crippen LogP contribution in [0.1, 0.15) is 23.8 Å². The lowest BCUT2D eigenvalue weighted by Gasteiger charge is -2.05. The highest BCUT2D eigenvalue weighted by Crippen LogP contribution is 2.12. The summed E-state index contributed by atoms with van der Waals surface area (Å²) in [4.78, 5) is 0. The van der Waals surface area contributed by atoms with E-state index in [2.05, 4.69) is 10.2 Å². The molecule has 0 amide bonds. The Morgan fingerprint density at radius 1 is 0.727 bits per heavy atom. The van der Waals surface area contributed by atoms with Gasteiger partial charge in [-0.2, -0.15) is 5.10 Å². The standard InChI is InChI=1S/C19H16N2O/c1-15(18-13-8-14-22-18)20-21-19(16-9-4-2-5-10-16)17-11-6-3-7-12-17/h2-14H,1H3/b20-15+. The van der Waals surface area contributed by atoms with Crippen molar-refractivity contribution in [1.82, 2.24) is 0 Å². The van der Waals surface area contributed by atoms with Gasteiger partial charge in [0.2, 0.25) is 0 Å². The van der Waals surface area contributed by atoms with E-state index in [-0.39, 0.29) is 0 Å². The van der Waals surface area contributed by atoms with Crippen molar-refractivity contribution in [2.45, 2.75) is 6.92 Å². The fraction of sp³-hybridized carbons (Fsp3) is 0.0526. The number of nitrogens with zero attached hydrogens (tertiary/aromatic N) is 2. The molecule has 0 atom stereocenters. The number of benzene rings is 2. The Morgan fingerprint density at radius 3 is 1.82 bits per heavy atom. The molecule has 108 valence electrons. The third-order valence-corrected chi connectivity index (χ3v) is 3.27. The Kier molecular flexibility index (Phi) is 4.25. The third kappa shape index (κ3) is 3.20. The zero-order chi connectivity index (χ0) is 15.2. The molecular weight excluding hydrogens is 272 g/mol. The van der Waals surface area contributed by atoms with Gasteiger partial charge in [-0.1, -0.05) is 60.7 Å². The van der Waals surface area contributed by atoms with Crippen molar-refractivity contribution in [2.75, 3.05) is 0 Å². The maximum Gasteiger partial charge on any atom is 0.149 e. The second-order valence-electron chi connectivity index (χ2n) is 4.84. The van der Waals surface area contributed by atoms with E-state index in [1.165, 1.54) is 0 Å². The molecule has 2 aromatic carbocycles. The molecule has 3 nitrogen and oxygen atoms in total. The molecule has 0 spiro atoms. The lowest BCUT2D eigenvalue weighted by atomic mass is 10.0. The van der Waals surface area contributed by atoms with Crippen LogP contribution < -0.4 is 0 Å². The van der Waals surface area contributed by atoms with Crippen LogP contribution in [0.4, 0.5) is 0 Å². The van der Waals surface area contributed by atoms with E-state index in [9.17, 15) is 0 Å². The molecule has 0 radical (unpaired) electrons. The summed E-state index contributed by atoms with van der Waals surface area (Å²) < 4.78 is 5.34. The molecule has 0 bridgehead atoms. The van der Waals surface area contributed by atoms with Gasteiger partial charge in [0, 0.05) is 11.1 Å². The van der Waals surface area contributed by atoms with Crippen LogP contribution in [-0.2, 0) is 0 Å². The number of furan rings is 1. The summed E-state index contributed by atoms with van der Waals surface area (Å²) in [6, 6.07) is 23.8. The quantitative estimate of drug-likeness (QED) is 0.513. The predicted molar refractivity (Wildman–Crippen MR) is 89.4 cm³/mol. The molecule has 3 aromatic rings. The minimum absolute atomic E-state index is 0.726. The van der Waals surface area contributed by atoms with E-state index in [1.54, 1.807) is 6.26 Å². The van der Waals surface area contributed by atoms with Crippen molar-refractivity contribution in [3.63, 3.8) is 0 Å². The Bertz CT molecular complexity index is 731. The van der Waals surface area contributed by atoms with Crippen LogP contribution in [0.15, 0.2) is 93.7 Å². The molecule has 3 heteroatoms. The van der Waals surface area contributed by atoms with E-state index < -0.39 is 0 Å². The van der Waals surface area contributed by atoms with Gasteiger partial charge in [0.1, 0.15) is 17.2 Å². The number of rotatable bonds is 4. The lowest BCUT2D eigenvalue weighted by molar-refractivity contribution is 0.557. The summed E-state index contributed by atoms with van der Waals surface area (Å²) in [6.45, 7) is 1.88. The van der Waals surface area contributed by atoms with Gasteiger partial charge in [0.15, 0.2) is 0 Å². The van der Waals surface area contributed by atoms with Gasteiger partial charge >= 0.3 is 0 Å². The zero-order valence-corrected chi connectivity index (χ0v) is 12.3. The Morgan fingerprint density at radius 2 is 1.32 bits per heavy atom. The summed E-state index contributed by atoms with van der Waals surface area (Å²) in [6.07, 6.45) is 1.63. The van der Waals surface area contributed by atoms with E-state index in [0.29, 0.717) is 0 Å². The van der Waals surface area contributed by atoms with Gasteiger partial charge in [0.25, 0.3) is 0 Å². The van der Waals surface area contributed by atoms with E-state index >= 15 is 0 Å². The first-order valence-electron chi connectivity index (χ1n) is 7.11. The van der Waals surface area contributed by atoms with E-state index in [0.717, 1.165) is 28.3 Å². The summed E-state index contributed by atoms with van der Waals surface area (Å²) in [5.41, 5.74) is 3.65. The highest BCUT2D eigenvalue weighted by molar-refractivity contribution is 6.13. The van der Waals surface area contributed by atoms with Crippen molar-refractivity contribution < 1.29 is 4.42 Å². The molecule has 0 aliphatic rings. The van der Waals surface area contributed by atoms with Crippen LogP contribution in [0.5, 0.6) is 0 Å². The molecule has 0 unspecified atom stereocenters. The average Bonchev–Trinajstić information content (AvgIpc) is 3.11. The van der Waals surface area contributed by atoms with Crippen LogP contribution in [0.2, 0.25) is 0 Å². The van der Waals surface area contributed by atoms with Gasteiger partial charge in [0.05, 0.1) is 6.26 Å². The van der Waals surface area contributed by atoms with Crippen LogP contribution in [0.3, 0.4) is 0 Å². The van der Waals surface area contributed by atoms with Crippen LogP contribution >= 0.6 is 0 Å². The number of hydrogen-bond acceptors (Lipinski definition) is 3. The molecule has 0 fully saturated rings. The normalized spacial score (nSPS) is 11.2. The molecule has 0 saturated carbocycles. The highest BCUT2D eigenvalue weighted by Gasteiger charge is 2.06. The summed E-state index contributed by atoms with van der Waals surface area (Å²) >= 11 is 0. The minimum Gasteiger partial charge on any atom is -0.463 e.